The van der Waals surface area contributed by atoms with Crippen LogP contribution in [0.15, 0.2) is 0 Å². The lowest BCUT2D eigenvalue weighted by molar-refractivity contribution is -0.121. The standard InChI is InChI=1S/C14H28N2O3/c15-13(18)9-7-5-3-1-2-4-6-8-10-14(19)16-11-12-17/h17H,1-12H2,(H2,15,18)(H,16,19). The summed E-state index contributed by atoms with van der Waals surface area (Å²) in [7, 11) is 0. The molecule has 0 heterocycles. The van der Waals surface area contributed by atoms with Gasteiger partial charge in [-0.2, -0.15) is 0 Å². The monoisotopic (exact) mass is 272 g/mol. The number of rotatable bonds is 13. The van der Waals surface area contributed by atoms with Gasteiger partial charge in [0.1, 0.15) is 0 Å². The van der Waals surface area contributed by atoms with E-state index in [0.29, 0.717) is 19.4 Å². The van der Waals surface area contributed by atoms with Crippen molar-refractivity contribution in [2.24, 2.45) is 5.73 Å². The van der Waals surface area contributed by atoms with Crippen LogP contribution < -0.4 is 11.1 Å². The number of nitrogens with one attached hydrogen (secondary N) is 1. The molecule has 0 atom stereocenters. The van der Waals surface area contributed by atoms with E-state index >= 15 is 0 Å². The third kappa shape index (κ3) is 14.8. The highest BCUT2D eigenvalue weighted by Crippen LogP contribution is 2.10. The summed E-state index contributed by atoms with van der Waals surface area (Å²) < 4.78 is 0. The first-order chi connectivity index (χ1) is 9.16. The maximum Gasteiger partial charge on any atom is 0.220 e. The predicted octanol–water partition coefficient (Wildman–Crippen LogP) is 1.48. The average Bonchev–Trinajstić information content (AvgIpc) is 2.38. The van der Waals surface area contributed by atoms with E-state index in [9.17, 15) is 9.59 Å². The lowest BCUT2D eigenvalue weighted by Gasteiger charge is -2.03. The number of carbonyl (C=O) groups excluding carboxylic acids is 2. The highest BCUT2D eigenvalue weighted by molar-refractivity contribution is 5.75. The molecule has 4 N–H and O–H groups in total. The van der Waals surface area contributed by atoms with Crippen LogP contribution in [0.2, 0.25) is 0 Å². The summed E-state index contributed by atoms with van der Waals surface area (Å²) in [5, 5.41) is 11.2. The Hall–Kier alpha value is -1.10. The van der Waals surface area contributed by atoms with Gasteiger partial charge in [0.25, 0.3) is 0 Å². The second kappa shape index (κ2) is 13.3. The van der Waals surface area contributed by atoms with E-state index in [-0.39, 0.29) is 18.4 Å². The fraction of sp³-hybridized carbons (Fsp3) is 0.857. The van der Waals surface area contributed by atoms with Crippen LogP contribution in [-0.2, 0) is 9.59 Å². The maximum atomic E-state index is 11.2. The summed E-state index contributed by atoms with van der Waals surface area (Å²) in [5.74, 6) is -0.181. The number of aliphatic hydroxyl groups excluding tert-OH is 1. The topological polar surface area (TPSA) is 92.4 Å². The van der Waals surface area contributed by atoms with Crippen LogP contribution >= 0.6 is 0 Å². The Morgan fingerprint density at radius 1 is 0.842 bits per heavy atom. The molecule has 0 aliphatic rings. The van der Waals surface area contributed by atoms with Crippen molar-refractivity contribution in [3.05, 3.63) is 0 Å². The molecule has 112 valence electrons. The molecule has 0 fully saturated rings. The van der Waals surface area contributed by atoms with Crippen molar-refractivity contribution in [1.29, 1.82) is 0 Å². The molecule has 0 unspecified atom stereocenters. The zero-order valence-corrected chi connectivity index (χ0v) is 11.8. The maximum absolute atomic E-state index is 11.2. The normalized spacial score (nSPS) is 10.4. The second-order valence-electron chi connectivity index (χ2n) is 4.87. The van der Waals surface area contributed by atoms with E-state index in [0.717, 1.165) is 38.5 Å². The summed E-state index contributed by atoms with van der Waals surface area (Å²) in [4.78, 5) is 21.7. The molecule has 0 aromatic rings. The van der Waals surface area contributed by atoms with Gasteiger partial charge in [-0.25, -0.2) is 0 Å². The minimum absolute atomic E-state index is 0.00148. The van der Waals surface area contributed by atoms with Crippen molar-refractivity contribution in [2.45, 2.75) is 64.2 Å². The molecule has 0 aliphatic carbocycles. The molecule has 0 bridgehead atoms. The molecule has 0 aromatic carbocycles. The van der Waals surface area contributed by atoms with Gasteiger partial charge in [-0.15, -0.1) is 0 Å². The average molecular weight is 272 g/mol. The van der Waals surface area contributed by atoms with Gasteiger partial charge in [-0.05, 0) is 12.8 Å². The molecule has 0 radical (unpaired) electrons. The van der Waals surface area contributed by atoms with Crippen LogP contribution in [0.1, 0.15) is 64.2 Å². The van der Waals surface area contributed by atoms with Crippen molar-refractivity contribution in [3.8, 4) is 0 Å². The lowest BCUT2D eigenvalue weighted by atomic mass is 10.1. The Labute approximate surface area is 115 Å². The van der Waals surface area contributed by atoms with Crippen molar-refractivity contribution in [1.82, 2.24) is 5.32 Å². The van der Waals surface area contributed by atoms with Crippen molar-refractivity contribution >= 4 is 11.8 Å². The third-order valence-electron chi connectivity index (χ3n) is 3.01. The molecule has 0 aromatic heterocycles. The molecule has 0 rings (SSSR count). The molecule has 0 aliphatic heterocycles. The van der Waals surface area contributed by atoms with Gasteiger partial charge in [-0.3, -0.25) is 9.59 Å². The van der Waals surface area contributed by atoms with Crippen LogP contribution in [0.5, 0.6) is 0 Å². The summed E-state index contributed by atoms with van der Waals surface area (Å²) in [6.07, 6.45) is 9.72. The lowest BCUT2D eigenvalue weighted by Crippen LogP contribution is -2.25. The quantitative estimate of drug-likeness (QED) is 0.443. The zero-order chi connectivity index (χ0) is 14.3. The molecule has 2 amide bonds. The molecule has 0 saturated carbocycles. The number of primary amides is 1. The summed E-state index contributed by atoms with van der Waals surface area (Å²) in [6, 6.07) is 0. The molecule has 0 spiro atoms. The number of carbonyl (C=O) groups is 2. The Morgan fingerprint density at radius 2 is 1.32 bits per heavy atom. The Balaban J connectivity index is 3.10. The van der Waals surface area contributed by atoms with Gasteiger partial charge in [0.05, 0.1) is 6.61 Å². The molecule has 0 saturated heterocycles. The molecule has 5 nitrogen and oxygen atoms in total. The van der Waals surface area contributed by atoms with Crippen LogP contribution in [0.3, 0.4) is 0 Å². The van der Waals surface area contributed by atoms with Gasteiger partial charge < -0.3 is 16.2 Å². The van der Waals surface area contributed by atoms with E-state index in [4.69, 9.17) is 10.8 Å². The summed E-state index contributed by atoms with van der Waals surface area (Å²) in [6.45, 7) is 0.353. The van der Waals surface area contributed by atoms with Gasteiger partial charge >= 0.3 is 0 Å². The van der Waals surface area contributed by atoms with Crippen molar-refractivity contribution in [3.63, 3.8) is 0 Å². The zero-order valence-electron chi connectivity index (χ0n) is 11.8. The van der Waals surface area contributed by atoms with E-state index in [2.05, 4.69) is 5.32 Å². The smallest absolute Gasteiger partial charge is 0.220 e. The van der Waals surface area contributed by atoms with Crippen molar-refractivity contribution < 1.29 is 14.7 Å². The second-order valence-corrected chi connectivity index (χ2v) is 4.87. The number of aliphatic hydroxyl groups is 1. The highest BCUT2D eigenvalue weighted by atomic mass is 16.3. The largest absolute Gasteiger partial charge is 0.395 e. The van der Waals surface area contributed by atoms with Crippen LogP contribution in [0.4, 0.5) is 0 Å². The van der Waals surface area contributed by atoms with Crippen LogP contribution in [0, 0.1) is 0 Å². The number of nitrogens with two attached hydrogens (primary N) is 1. The molecular formula is C14H28N2O3. The minimum Gasteiger partial charge on any atom is -0.395 e. The van der Waals surface area contributed by atoms with E-state index in [1.807, 2.05) is 0 Å². The predicted molar refractivity (Wildman–Crippen MR) is 75.5 cm³/mol. The minimum atomic E-state index is -0.209. The first-order valence-electron chi connectivity index (χ1n) is 7.32. The van der Waals surface area contributed by atoms with E-state index in [1.165, 1.54) is 12.8 Å². The first-order valence-corrected chi connectivity index (χ1v) is 7.32. The fourth-order valence-electron chi connectivity index (χ4n) is 1.93. The molecular weight excluding hydrogens is 244 g/mol. The van der Waals surface area contributed by atoms with E-state index < -0.39 is 0 Å². The Kier molecular flexibility index (Phi) is 12.6. The van der Waals surface area contributed by atoms with Crippen LogP contribution in [-0.4, -0.2) is 30.1 Å². The SMILES string of the molecule is NC(=O)CCCCCCCCCCC(=O)NCCO. The third-order valence-corrected chi connectivity index (χ3v) is 3.01. The summed E-state index contributed by atoms with van der Waals surface area (Å²) in [5.41, 5.74) is 5.06. The Bertz CT molecular complexity index is 245. The summed E-state index contributed by atoms with van der Waals surface area (Å²) >= 11 is 0. The number of hydrogen-bond donors (Lipinski definition) is 3. The fourth-order valence-corrected chi connectivity index (χ4v) is 1.93. The van der Waals surface area contributed by atoms with Crippen LogP contribution in [0.25, 0.3) is 0 Å². The van der Waals surface area contributed by atoms with Gasteiger partial charge in [0.2, 0.25) is 11.8 Å². The molecule has 5 heteroatoms. The van der Waals surface area contributed by atoms with Gasteiger partial charge in [-0.1, -0.05) is 38.5 Å². The van der Waals surface area contributed by atoms with Gasteiger partial charge in [0, 0.05) is 19.4 Å². The Morgan fingerprint density at radius 3 is 1.79 bits per heavy atom. The highest BCUT2D eigenvalue weighted by Gasteiger charge is 1.99. The molecule has 19 heavy (non-hydrogen) atoms. The number of unbranched alkanes of at least 4 members (excludes halogenated alkanes) is 7. The number of hydrogen-bond acceptors (Lipinski definition) is 3. The van der Waals surface area contributed by atoms with Gasteiger partial charge in [0.15, 0.2) is 0 Å². The van der Waals surface area contributed by atoms with E-state index in [1.54, 1.807) is 0 Å². The first kappa shape index (κ1) is 17.9. The number of amides is 2. The van der Waals surface area contributed by atoms with Crippen molar-refractivity contribution in [2.75, 3.05) is 13.2 Å².